The lowest BCUT2D eigenvalue weighted by atomic mass is 10.1. The van der Waals surface area contributed by atoms with Crippen molar-refractivity contribution in [2.24, 2.45) is 0 Å². The van der Waals surface area contributed by atoms with Crippen LogP contribution in [-0.4, -0.2) is 5.11 Å². The Morgan fingerprint density at radius 1 is 1.50 bits per heavy atom. The molecule has 0 heterocycles. The van der Waals surface area contributed by atoms with E-state index in [0.29, 0.717) is 12.8 Å². The second-order valence-electron chi connectivity index (χ2n) is 2.98. The Kier molecular flexibility index (Phi) is 1.81. The molecular formula is C9H8ClFO. The SMILES string of the molecule is O[C@H]1CCc2c1ccc(F)c2Cl. The number of fused-ring (bicyclic) bond motifs is 1. The predicted octanol–water partition coefficient (Wildman–Crippen LogP) is 2.46. The Labute approximate surface area is 74.8 Å². The molecule has 0 amide bonds. The highest BCUT2D eigenvalue weighted by Gasteiger charge is 2.23. The maximum absolute atomic E-state index is 12.9. The summed E-state index contributed by atoms with van der Waals surface area (Å²) in [4.78, 5) is 0. The van der Waals surface area contributed by atoms with E-state index in [2.05, 4.69) is 0 Å². The third-order valence-electron chi connectivity index (χ3n) is 2.26. The molecule has 0 fully saturated rings. The molecule has 1 nitrogen and oxygen atoms in total. The van der Waals surface area contributed by atoms with E-state index in [1.165, 1.54) is 6.07 Å². The van der Waals surface area contributed by atoms with Gasteiger partial charge in [-0.2, -0.15) is 0 Å². The summed E-state index contributed by atoms with van der Waals surface area (Å²) in [6.07, 6.45) is 0.865. The van der Waals surface area contributed by atoms with Gasteiger partial charge in [-0.3, -0.25) is 0 Å². The largest absolute Gasteiger partial charge is 0.388 e. The predicted molar refractivity (Wildman–Crippen MR) is 44.7 cm³/mol. The summed E-state index contributed by atoms with van der Waals surface area (Å²) in [5, 5.41) is 9.59. The van der Waals surface area contributed by atoms with E-state index in [4.69, 9.17) is 11.6 Å². The Bertz CT molecular complexity index is 325. The lowest BCUT2D eigenvalue weighted by Gasteiger charge is -2.04. The van der Waals surface area contributed by atoms with Gasteiger partial charge in [-0.1, -0.05) is 17.7 Å². The van der Waals surface area contributed by atoms with Gasteiger partial charge in [0.15, 0.2) is 0 Å². The molecule has 12 heavy (non-hydrogen) atoms. The minimum absolute atomic E-state index is 0.170. The molecular weight excluding hydrogens is 179 g/mol. The third-order valence-corrected chi connectivity index (χ3v) is 2.67. The van der Waals surface area contributed by atoms with Gasteiger partial charge in [0, 0.05) is 0 Å². The van der Waals surface area contributed by atoms with Crippen LogP contribution in [0, 0.1) is 5.82 Å². The molecule has 1 N–H and O–H groups in total. The van der Waals surface area contributed by atoms with Crippen LogP contribution in [0.2, 0.25) is 5.02 Å². The molecule has 64 valence electrons. The fourth-order valence-electron chi connectivity index (χ4n) is 1.61. The summed E-state index contributed by atoms with van der Waals surface area (Å²) in [6, 6.07) is 2.91. The van der Waals surface area contributed by atoms with Gasteiger partial charge in [0.25, 0.3) is 0 Å². The average Bonchev–Trinajstić information content (AvgIpc) is 2.41. The van der Waals surface area contributed by atoms with Crippen molar-refractivity contribution in [1.29, 1.82) is 0 Å². The van der Waals surface area contributed by atoms with E-state index in [1.807, 2.05) is 0 Å². The first-order chi connectivity index (χ1) is 5.70. The molecule has 0 saturated carbocycles. The molecule has 0 spiro atoms. The van der Waals surface area contributed by atoms with Crippen molar-refractivity contribution in [1.82, 2.24) is 0 Å². The minimum atomic E-state index is -0.460. The Morgan fingerprint density at radius 2 is 2.25 bits per heavy atom. The van der Waals surface area contributed by atoms with Gasteiger partial charge in [-0.25, -0.2) is 4.39 Å². The van der Waals surface area contributed by atoms with E-state index >= 15 is 0 Å². The fraction of sp³-hybridized carbons (Fsp3) is 0.333. The maximum atomic E-state index is 12.9. The van der Waals surface area contributed by atoms with Crippen molar-refractivity contribution in [2.75, 3.05) is 0 Å². The molecule has 1 aliphatic rings. The summed E-state index contributed by atoms with van der Waals surface area (Å²) in [5.74, 6) is -0.399. The van der Waals surface area contributed by atoms with Crippen LogP contribution in [0.5, 0.6) is 0 Å². The molecule has 1 aliphatic carbocycles. The van der Waals surface area contributed by atoms with Crippen molar-refractivity contribution in [3.8, 4) is 0 Å². The molecule has 2 rings (SSSR count). The first-order valence-electron chi connectivity index (χ1n) is 3.85. The van der Waals surface area contributed by atoms with Crippen LogP contribution >= 0.6 is 11.6 Å². The van der Waals surface area contributed by atoms with E-state index in [1.54, 1.807) is 6.07 Å². The average molecular weight is 187 g/mol. The zero-order valence-corrected chi connectivity index (χ0v) is 7.11. The van der Waals surface area contributed by atoms with Crippen molar-refractivity contribution in [3.63, 3.8) is 0 Å². The minimum Gasteiger partial charge on any atom is -0.388 e. The van der Waals surface area contributed by atoms with E-state index in [9.17, 15) is 9.50 Å². The molecule has 0 aromatic heterocycles. The van der Waals surface area contributed by atoms with Crippen molar-refractivity contribution in [3.05, 3.63) is 34.1 Å². The Hall–Kier alpha value is -0.600. The molecule has 0 radical (unpaired) electrons. The number of rotatable bonds is 0. The molecule has 0 bridgehead atoms. The zero-order chi connectivity index (χ0) is 8.72. The highest BCUT2D eigenvalue weighted by atomic mass is 35.5. The third kappa shape index (κ3) is 1.03. The first kappa shape index (κ1) is 8.02. The highest BCUT2D eigenvalue weighted by molar-refractivity contribution is 6.31. The normalized spacial score (nSPS) is 21.1. The number of hydrogen-bond donors (Lipinski definition) is 1. The van der Waals surface area contributed by atoms with Crippen LogP contribution in [0.15, 0.2) is 12.1 Å². The number of hydrogen-bond acceptors (Lipinski definition) is 1. The zero-order valence-electron chi connectivity index (χ0n) is 6.35. The highest BCUT2D eigenvalue weighted by Crippen LogP contribution is 2.36. The van der Waals surface area contributed by atoms with Crippen LogP contribution in [0.4, 0.5) is 4.39 Å². The summed E-state index contributed by atoms with van der Waals surface area (Å²) in [6.45, 7) is 0. The second kappa shape index (κ2) is 2.71. The summed E-state index contributed by atoms with van der Waals surface area (Å²) >= 11 is 5.72. The van der Waals surface area contributed by atoms with Gasteiger partial charge in [0.05, 0.1) is 11.1 Å². The van der Waals surface area contributed by atoms with E-state index < -0.39 is 11.9 Å². The number of benzene rings is 1. The Morgan fingerprint density at radius 3 is 3.00 bits per heavy atom. The Balaban J connectivity index is 2.60. The van der Waals surface area contributed by atoms with Gasteiger partial charge in [0.2, 0.25) is 0 Å². The van der Waals surface area contributed by atoms with Crippen LogP contribution in [-0.2, 0) is 6.42 Å². The monoisotopic (exact) mass is 186 g/mol. The van der Waals surface area contributed by atoms with Crippen molar-refractivity contribution >= 4 is 11.6 Å². The summed E-state index contributed by atoms with van der Waals surface area (Å²) in [7, 11) is 0. The van der Waals surface area contributed by atoms with Crippen LogP contribution < -0.4 is 0 Å². The lowest BCUT2D eigenvalue weighted by Crippen LogP contribution is -1.91. The van der Waals surface area contributed by atoms with E-state index in [0.717, 1.165) is 11.1 Å². The number of aliphatic hydroxyl groups is 1. The quantitative estimate of drug-likeness (QED) is 0.660. The number of aliphatic hydroxyl groups excluding tert-OH is 1. The van der Waals surface area contributed by atoms with Gasteiger partial charge in [-0.15, -0.1) is 0 Å². The van der Waals surface area contributed by atoms with Gasteiger partial charge in [0.1, 0.15) is 5.82 Å². The first-order valence-corrected chi connectivity index (χ1v) is 4.23. The maximum Gasteiger partial charge on any atom is 0.142 e. The molecule has 0 aliphatic heterocycles. The fourth-order valence-corrected chi connectivity index (χ4v) is 1.88. The standard InChI is InChI=1S/C9H8ClFO/c10-9-6-2-4-8(12)5(6)1-3-7(9)11/h1,3,8,12H,2,4H2/t8-/m0/s1. The smallest absolute Gasteiger partial charge is 0.142 e. The van der Waals surface area contributed by atoms with Crippen LogP contribution in [0.25, 0.3) is 0 Å². The summed E-state index contributed by atoms with van der Waals surface area (Å²) < 4.78 is 12.9. The second-order valence-corrected chi connectivity index (χ2v) is 3.36. The molecule has 1 aromatic carbocycles. The lowest BCUT2D eigenvalue weighted by molar-refractivity contribution is 0.180. The molecule has 0 unspecified atom stereocenters. The van der Waals surface area contributed by atoms with Gasteiger partial charge >= 0.3 is 0 Å². The van der Waals surface area contributed by atoms with Crippen molar-refractivity contribution in [2.45, 2.75) is 18.9 Å². The van der Waals surface area contributed by atoms with Crippen molar-refractivity contribution < 1.29 is 9.50 Å². The molecule has 1 atom stereocenters. The van der Waals surface area contributed by atoms with Gasteiger partial charge in [-0.05, 0) is 30.0 Å². The van der Waals surface area contributed by atoms with Crippen LogP contribution in [0.1, 0.15) is 23.7 Å². The summed E-state index contributed by atoms with van der Waals surface area (Å²) in [5.41, 5.74) is 1.55. The van der Waals surface area contributed by atoms with Crippen LogP contribution in [0.3, 0.4) is 0 Å². The topological polar surface area (TPSA) is 20.2 Å². The molecule has 1 aromatic rings. The van der Waals surface area contributed by atoms with E-state index in [-0.39, 0.29) is 5.02 Å². The molecule has 3 heteroatoms. The number of halogens is 2. The molecule has 0 saturated heterocycles. The van der Waals surface area contributed by atoms with Gasteiger partial charge < -0.3 is 5.11 Å².